The van der Waals surface area contributed by atoms with Gasteiger partial charge >= 0.3 is 0 Å². The first kappa shape index (κ1) is 22.2. The number of imidazole rings is 1. The summed E-state index contributed by atoms with van der Waals surface area (Å²) >= 11 is 1.85. The number of rotatable bonds is 7. The monoisotopic (exact) mass is 438 g/mol. The summed E-state index contributed by atoms with van der Waals surface area (Å²) in [5.41, 5.74) is 3.80. The van der Waals surface area contributed by atoms with E-state index in [-0.39, 0.29) is 5.41 Å². The van der Waals surface area contributed by atoms with Gasteiger partial charge in [0.15, 0.2) is 0 Å². The van der Waals surface area contributed by atoms with Crippen molar-refractivity contribution in [2.45, 2.75) is 69.8 Å². The minimum absolute atomic E-state index is 0.193. The second-order valence-corrected chi connectivity index (χ2v) is 10.7. The van der Waals surface area contributed by atoms with E-state index in [1.54, 1.807) is 7.11 Å². The standard InChI is InChI=1S/C26H34N2O2S/c1-26(2,3)16-25-27-23-15-22(31-18-19-8-10-20(29-4)11-9-19)12-13-24(23)28(25)17-21-7-5-6-14-30-21/h8-13,15,21H,5-7,14,16-18H2,1-4H3. The zero-order valence-corrected chi connectivity index (χ0v) is 20.0. The fourth-order valence-electron chi connectivity index (χ4n) is 4.11. The number of benzene rings is 2. The smallest absolute Gasteiger partial charge is 0.118 e. The number of aromatic nitrogens is 2. The van der Waals surface area contributed by atoms with E-state index in [4.69, 9.17) is 14.5 Å². The Hall–Kier alpha value is -1.98. The fraction of sp³-hybridized carbons (Fsp3) is 0.500. The summed E-state index contributed by atoms with van der Waals surface area (Å²) in [5.74, 6) is 3.00. The third kappa shape index (κ3) is 5.83. The molecule has 1 unspecified atom stereocenters. The Morgan fingerprint density at radius 2 is 1.94 bits per heavy atom. The Kier molecular flexibility index (Phi) is 6.92. The molecule has 0 N–H and O–H groups in total. The van der Waals surface area contributed by atoms with E-state index in [0.717, 1.165) is 43.0 Å². The molecule has 5 heteroatoms. The molecule has 1 aliphatic heterocycles. The van der Waals surface area contributed by atoms with E-state index >= 15 is 0 Å². The molecule has 0 aliphatic carbocycles. The lowest BCUT2D eigenvalue weighted by Crippen LogP contribution is -2.26. The zero-order valence-electron chi connectivity index (χ0n) is 19.2. The van der Waals surface area contributed by atoms with Gasteiger partial charge in [-0.1, -0.05) is 32.9 Å². The summed E-state index contributed by atoms with van der Waals surface area (Å²) in [5, 5.41) is 0. The Labute approximate surface area is 190 Å². The van der Waals surface area contributed by atoms with Crippen LogP contribution in [0.2, 0.25) is 0 Å². The molecule has 1 fully saturated rings. The largest absolute Gasteiger partial charge is 0.497 e. The van der Waals surface area contributed by atoms with Gasteiger partial charge in [-0.05, 0) is 60.6 Å². The van der Waals surface area contributed by atoms with E-state index in [2.05, 4.69) is 55.7 Å². The van der Waals surface area contributed by atoms with Gasteiger partial charge < -0.3 is 14.0 Å². The first-order chi connectivity index (χ1) is 14.9. The average Bonchev–Trinajstić information content (AvgIpc) is 3.08. The third-order valence-electron chi connectivity index (χ3n) is 5.71. The van der Waals surface area contributed by atoms with E-state index in [0.29, 0.717) is 6.10 Å². The molecule has 0 radical (unpaired) electrons. The molecule has 0 saturated carbocycles. The van der Waals surface area contributed by atoms with Crippen LogP contribution in [0.15, 0.2) is 47.4 Å². The molecule has 0 bridgehead atoms. The van der Waals surface area contributed by atoms with Crippen molar-refractivity contribution in [3.8, 4) is 5.75 Å². The van der Waals surface area contributed by atoms with E-state index in [9.17, 15) is 0 Å². The molecule has 0 spiro atoms. The number of thioether (sulfide) groups is 1. The van der Waals surface area contributed by atoms with Crippen LogP contribution in [-0.4, -0.2) is 29.4 Å². The van der Waals surface area contributed by atoms with Crippen LogP contribution in [0, 0.1) is 5.41 Å². The molecule has 166 valence electrons. The van der Waals surface area contributed by atoms with Crippen molar-refractivity contribution < 1.29 is 9.47 Å². The number of fused-ring (bicyclic) bond motifs is 1. The highest BCUT2D eigenvalue weighted by atomic mass is 32.2. The van der Waals surface area contributed by atoms with Crippen molar-refractivity contribution in [2.24, 2.45) is 5.41 Å². The second kappa shape index (κ2) is 9.66. The Balaban J connectivity index is 1.55. The molecule has 1 atom stereocenters. The number of methoxy groups -OCH3 is 1. The van der Waals surface area contributed by atoms with Gasteiger partial charge in [0.25, 0.3) is 0 Å². The minimum Gasteiger partial charge on any atom is -0.497 e. The predicted molar refractivity (Wildman–Crippen MR) is 129 cm³/mol. The molecule has 2 heterocycles. The molecule has 2 aromatic carbocycles. The van der Waals surface area contributed by atoms with Crippen LogP contribution in [0.4, 0.5) is 0 Å². The lowest BCUT2D eigenvalue weighted by molar-refractivity contribution is 0.00602. The zero-order chi connectivity index (χ0) is 21.8. The first-order valence-electron chi connectivity index (χ1n) is 11.3. The summed E-state index contributed by atoms with van der Waals surface area (Å²) in [7, 11) is 1.70. The highest BCUT2D eigenvalue weighted by molar-refractivity contribution is 7.98. The van der Waals surface area contributed by atoms with E-state index in [1.165, 1.54) is 34.6 Å². The Morgan fingerprint density at radius 3 is 2.61 bits per heavy atom. The van der Waals surface area contributed by atoms with Gasteiger partial charge in [-0.15, -0.1) is 11.8 Å². The average molecular weight is 439 g/mol. The summed E-state index contributed by atoms with van der Waals surface area (Å²) < 4.78 is 13.7. The maximum absolute atomic E-state index is 6.05. The molecule has 1 aromatic heterocycles. The van der Waals surface area contributed by atoms with Crippen molar-refractivity contribution in [1.29, 1.82) is 0 Å². The highest BCUT2D eigenvalue weighted by Crippen LogP contribution is 2.30. The van der Waals surface area contributed by atoms with Gasteiger partial charge in [0.1, 0.15) is 11.6 Å². The van der Waals surface area contributed by atoms with Gasteiger partial charge in [0.2, 0.25) is 0 Å². The normalized spacial score (nSPS) is 17.2. The molecule has 1 saturated heterocycles. The molecule has 4 rings (SSSR count). The Morgan fingerprint density at radius 1 is 1.13 bits per heavy atom. The van der Waals surface area contributed by atoms with Crippen molar-refractivity contribution in [2.75, 3.05) is 13.7 Å². The van der Waals surface area contributed by atoms with Gasteiger partial charge in [0, 0.05) is 23.7 Å². The van der Waals surface area contributed by atoms with Crippen LogP contribution in [0.3, 0.4) is 0 Å². The van der Waals surface area contributed by atoms with Crippen LogP contribution >= 0.6 is 11.8 Å². The molecular formula is C26H34N2O2S. The number of hydrogen-bond donors (Lipinski definition) is 0. The van der Waals surface area contributed by atoms with E-state index < -0.39 is 0 Å². The summed E-state index contributed by atoms with van der Waals surface area (Å²) in [6.45, 7) is 8.64. The molecule has 0 amide bonds. The van der Waals surface area contributed by atoms with Crippen molar-refractivity contribution in [3.63, 3.8) is 0 Å². The molecule has 4 nitrogen and oxygen atoms in total. The van der Waals surface area contributed by atoms with Crippen LogP contribution in [0.25, 0.3) is 11.0 Å². The lowest BCUT2D eigenvalue weighted by Gasteiger charge is -2.25. The predicted octanol–water partition coefficient (Wildman–Crippen LogP) is 6.49. The highest BCUT2D eigenvalue weighted by Gasteiger charge is 2.22. The molecular weight excluding hydrogens is 404 g/mol. The number of hydrogen-bond acceptors (Lipinski definition) is 4. The van der Waals surface area contributed by atoms with Crippen molar-refractivity contribution in [3.05, 3.63) is 53.9 Å². The second-order valence-electron chi connectivity index (χ2n) is 9.65. The van der Waals surface area contributed by atoms with Gasteiger partial charge in [-0.25, -0.2) is 4.98 Å². The summed E-state index contributed by atoms with van der Waals surface area (Å²) in [4.78, 5) is 6.33. The summed E-state index contributed by atoms with van der Waals surface area (Å²) in [6.07, 6.45) is 4.85. The third-order valence-corrected chi connectivity index (χ3v) is 6.78. The first-order valence-corrected chi connectivity index (χ1v) is 12.3. The van der Waals surface area contributed by atoms with E-state index in [1.807, 2.05) is 23.9 Å². The maximum Gasteiger partial charge on any atom is 0.118 e. The number of ether oxygens (including phenoxy) is 2. The van der Waals surface area contributed by atoms with Crippen LogP contribution < -0.4 is 4.74 Å². The number of nitrogens with zero attached hydrogens (tertiary/aromatic N) is 2. The minimum atomic E-state index is 0.193. The van der Waals surface area contributed by atoms with Crippen molar-refractivity contribution >= 4 is 22.8 Å². The fourth-order valence-corrected chi connectivity index (χ4v) is 4.99. The van der Waals surface area contributed by atoms with Gasteiger partial charge in [-0.3, -0.25) is 0 Å². The van der Waals surface area contributed by atoms with Crippen LogP contribution in [0.1, 0.15) is 51.4 Å². The molecule has 1 aliphatic rings. The lowest BCUT2D eigenvalue weighted by atomic mass is 9.92. The summed E-state index contributed by atoms with van der Waals surface area (Å²) in [6, 6.07) is 15.0. The Bertz CT molecular complexity index is 999. The van der Waals surface area contributed by atoms with Gasteiger partial charge in [0.05, 0.1) is 30.8 Å². The maximum atomic E-state index is 6.05. The molecule has 31 heavy (non-hydrogen) atoms. The topological polar surface area (TPSA) is 36.3 Å². The van der Waals surface area contributed by atoms with Gasteiger partial charge in [-0.2, -0.15) is 0 Å². The van der Waals surface area contributed by atoms with Crippen molar-refractivity contribution in [1.82, 2.24) is 9.55 Å². The van der Waals surface area contributed by atoms with Crippen LogP contribution in [0.5, 0.6) is 5.75 Å². The van der Waals surface area contributed by atoms with Crippen LogP contribution in [-0.2, 0) is 23.5 Å². The quantitative estimate of drug-likeness (QED) is 0.395. The SMILES string of the molecule is COc1ccc(CSc2ccc3c(c2)nc(CC(C)(C)C)n3CC2CCCCO2)cc1. The molecule has 3 aromatic rings.